The summed E-state index contributed by atoms with van der Waals surface area (Å²) in [4.78, 5) is 0. The Morgan fingerprint density at radius 3 is 0.815 bits per heavy atom. The molecule has 0 atom stereocenters. The first-order valence-corrected chi connectivity index (χ1v) is 46.7. The minimum atomic E-state index is -0.0179. The molecule has 0 aliphatic rings. The highest BCUT2D eigenvalue weighted by Crippen LogP contribution is 2.49. The summed E-state index contributed by atoms with van der Waals surface area (Å²) >= 11 is 0. The van der Waals surface area contributed by atoms with E-state index in [2.05, 4.69) is 506 Å². The van der Waals surface area contributed by atoms with Crippen LogP contribution in [0.3, 0.4) is 0 Å². The Hall–Kier alpha value is -12.9. The Morgan fingerprint density at radius 2 is 0.423 bits per heavy atom. The molecule has 0 saturated carbocycles. The molecule has 16 aromatic carbocycles. The van der Waals surface area contributed by atoms with Crippen molar-refractivity contribution in [2.45, 2.75) is 209 Å². The summed E-state index contributed by atoms with van der Waals surface area (Å²) in [6.45, 7) is 55.5. The van der Waals surface area contributed by atoms with Crippen LogP contribution in [-0.2, 0) is 43.3 Å². The van der Waals surface area contributed by atoms with Gasteiger partial charge in [0, 0.05) is 27.1 Å². The molecule has 2 nitrogen and oxygen atoms in total. The van der Waals surface area contributed by atoms with Gasteiger partial charge in [-0.1, -0.05) is 476 Å². The topological polar surface area (TPSA) is 26.3 Å². The molecule has 0 radical (unpaired) electrons. The van der Waals surface area contributed by atoms with E-state index in [4.69, 9.17) is 8.83 Å². The average Bonchev–Trinajstić information content (AvgIpc) is 1.50. The van der Waals surface area contributed by atoms with Crippen LogP contribution in [0.15, 0.2) is 373 Å². The summed E-state index contributed by atoms with van der Waals surface area (Å²) < 4.78 is 12.5. The monoisotopic (exact) mass is 1700 g/mol. The molecule has 2 aromatic heterocycles. The predicted octanol–water partition coefficient (Wildman–Crippen LogP) is 37.6. The number of fused-ring (bicyclic) bond motifs is 6. The number of benzene rings is 16. The fourth-order valence-electron chi connectivity index (χ4n) is 18.4. The van der Waals surface area contributed by atoms with Crippen molar-refractivity contribution in [3.05, 3.63) is 408 Å². The summed E-state index contributed by atoms with van der Waals surface area (Å²) in [5.74, 6) is 0. The summed E-state index contributed by atoms with van der Waals surface area (Å²) in [6, 6.07) is 132. The zero-order chi connectivity index (χ0) is 92.6. The lowest BCUT2D eigenvalue weighted by atomic mass is 9.77. The molecule has 0 saturated heterocycles. The number of hydrogen-bond acceptors (Lipinski definition) is 2. The van der Waals surface area contributed by atoms with Crippen LogP contribution in [0.4, 0.5) is 0 Å². The molecule has 18 aromatic rings. The molecule has 2 heteroatoms. The van der Waals surface area contributed by atoms with Crippen LogP contribution < -0.4 is 0 Å². The second-order valence-electron chi connectivity index (χ2n) is 43.8. The van der Waals surface area contributed by atoms with Crippen molar-refractivity contribution in [2.75, 3.05) is 0 Å². The molecule has 130 heavy (non-hydrogen) atoms. The lowest BCUT2D eigenvalue weighted by Gasteiger charge is -2.28. The third-order valence-electron chi connectivity index (χ3n) is 25.4. The maximum atomic E-state index is 6.35. The highest BCUT2D eigenvalue weighted by molar-refractivity contribution is 6.13. The van der Waals surface area contributed by atoms with Gasteiger partial charge in [-0.3, -0.25) is 0 Å². The van der Waals surface area contributed by atoms with Gasteiger partial charge in [-0.15, -0.1) is 0 Å². The number of rotatable bonds is 10. The van der Waals surface area contributed by atoms with Crippen LogP contribution in [-0.4, -0.2) is 0 Å². The molecule has 0 unspecified atom stereocenters. The van der Waals surface area contributed by atoms with Gasteiger partial charge in [0.05, 0.1) is 0 Å². The predicted molar refractivity (Wildman–Crippen MR) is 564 cm³/mol. The van der Waals surface area contributed by atoms with Crippen LogP contribution in [0.5, 0.6) is 0 Å². The zero-order valence-electron chi connectivity index (χ0n) is 81.5. The smallest absolute Gasteiger partial charge is 0.143 e. The van der Waals surface area contributed by atoms with Gasteiger partial charge in [0.1, 0.15) is 22.3 Å². The highest BCUT2D eigenvalue weighted by atomic mass is 16.3. The van der Waals surface area contributed by atoms with E-state index in [1.807, 2.05) is 24.3 Å². The maximum absolute atomic E-state index is 6.35. The van der Waals surface area contributed by atoms with E-state index < -0.39 is 0 Å². The van der Waals surface area contributed by atoms with Crippen molar-refractivity contribution < 1.29 is 8.83 Å². The molecular weight excluding hydrogens is 1570 g/mol. The minimum Gasteiger partial charge on any atom is -0.456 e. The first kappa shape index (κ1) is 91.9. The lowest BCUT2D eigenvalue weighted by Crippen LogP contribution is -2.16. The fraction of sp³-hybridized carbons (Fsp3) is 0.250. The molecule has 2 heterocycles. The van der Waals surface area contributed by atoms with Gasteiger partial charge in [0.2, 0.25) is 0 Å². The second-order valence-corrected chi connectivity index (χ2v) is 43.8. The summed E-state index contributed by atoms with van der Waals surface area (Å²) in [6.07, 6.45) is 0. The second kappa shape index (κ2) is 36.6. The quantitative estimate of drug-likeness (QED) is 0.136. The van der Waals surface area contributed by atoms with Crippen LogP contribution in [0, 0.1) is 0 Å². The third kappa shape index (κ3) is 20.4. The van der Waals surface area contributed by atoms with Crippen molar-refractivity contribution in [1.29, 1.82) is 0 Å². The molecular formula is C128H132O2. The van der Waals surface area contributed by atoms with Crippen LogP contribution in [0.2, 0.25) is 0 Å². The van der Waals surface area contributed by atoms with Crippen molar-refractivity contribution in [3.63, 3.8) is 0 Å². The van der Waals surface area contributed by atoms with Gasteiger partial charge in [-0.2, -0.15) is 0 Å². The van der Waals surface area contributed by atoms with Gasteiger partial charge < -0.3 is 8.83 Å². The number of hydrogen-bond donors (Lipinski definition) is 0. The third-order valence-corrected chi connectivity index (χ3v) is 25.4. The average molecular weight is 1700 g/mol. The number of furan rings is 2. The molecule has 18 rings (SSSR count). The first-order chi connectivity index (χ1) is 61.5. The van der Waals surface area contributed by atoms with E-state index in [0.29, 0.717) is 0 Å². The SMILES string of the molecule is CC(C)(C)c1c(-c2ccccc2)cccc1-c1cccc2c1oc1ccccc12.CC(C)(C)c1c(-c2ccccc2)cccc1-c1cccc2oc3ccccc3c12.CC(C)(C)c1cc(-c2cc(-c3cc(C(C)(C)C)cc(C(C)(C)C)c3)cc(-c3ccccc3C(C)(C)C)c2)cc(C(C)(C)C)c1.CC(C)(C)c1ccccc1-c1cc(-c2ccccc2)cc(-c2ccccc2)c1. The van der Waals surface area contributed by atoms with Crippen molar-refractivity contribution in [3.8, 4) is 111 Å². The highest BCUT2D eigenvalue weighted by Gasteiger charge is 2.31. The van der Waals surface area contributed by atoms with Crippen molar-refractivity contribution in [2.24, 2.45) is 0 Å². The van der Waals surface area contributed by atoms with Crippen molar-refractivity contribution >= 4 is 43.9 Å². The molecule has 0 fully saturated rings. The van der Waals surface area contributed by atoms with Crippen molar-refractivity contribution in [1.82, 2.24) is 0 Å². The molecule has 0 amide bonds. The van der Waals surface area contributed by atoms with E-state index in [1.165, 1.54) is 172 Å². The molecule has 656 valence electrons. The number of para-hydroxylation sites is 3. The van der Waals surface area contributed by atoms with E-state index in [0.717, 1.165) is 27.9 Å². The Balaban J connectivity index is 0.000000135. The van der Waals surface area contributed by atoms with E-state index >= 15 is 0 Å². The minimum absolute atomic E-state index is 0.0104. The van der Waals surface area contributed by atoms with Gasteiger partial charge in [-0.25, -0.2) is 0 Å². The molecule has 0 aliphatic carbocycles. The van der Waals surface area contributed by atoms with Gasteiger partial charge in [-0.05, 0) is 248 Å². The van der Waals surface area contributed by atoms with Crippen LogP contribution in [0.1, 0.15) is 211 Å². The normalized spacial score (nSPS) is 12.3. The Bertz CT molecular complexity index is 6820. The van der Waals surface area contributed by atoms with Crippen LogP contribution >= 0.6 is 0 Å². The fourth-order valence-corrected chi connectivity index (χ4v) is 18.4. The summed E-state index contributed by atoms with van der Waals surface area (Å²) in [5, 5.41) is 4.70. The van der Waals surface area contributed by atoms with E-state index in [-0.39, 0.29) is 43.3 Å². The Morgan fingerprint density at radius 1 is 0.154 bits per heavy atom. The van der Waals surface area contributed by atoms with E-state index in [1.54, 1.807) is 0 Å². The molecule has 0 spiro atoms. The molecule has 0 aliphatic heterocycles. The van der Waals surface area contributed by atoms with Gasteiger partial charge >= 0.3 is 0 Å². The largest absolute Gasteiger partial charge is 0.456 e. The van der Waals surface area contributed by atoms with E-state index in [9.17, 15) is 0 Å². The van der Waals surface area contributed by atoms with Gasteiger partial charge in [0.15, 0.2) is 0 Å². The molecule has 0 bridgehead atoms. The zero-order valence-corrected chi connectivity index (χ0v) is 81.5. The maximum Gasteiger partial charge on any atom is 0.143 e. The first-order valence-electron chi connectivity index (χ1n) is 46.7. The molecule has 0 N–H and O–H groups in total. The Kier molecular flexibility index (Phi) is 25.8. The summed E-state index contributed by atoms with van der Waals surface area (Å²) in [5.41, 5.74) is 40.3. The standard InChI is InChI=1S/C44H58.2C28H24O.C28H26/c1-40(2,3)34-23-31(24-35(27-34)41(4,5)6)29-20-30(22-33(21-29)38-18-16-17-19-39(38)44(13,14)15)32-25-36(42(7,8)9)28-37(26-32)43(10,11)12;1-28(2,3)27-20(19-11-5-4-6-12-19)14-9-16-22(27)21-15-10-18-25-26(21)23-13-7-8-17-24(23)29-25;1-28(2,3)26-20(19-11-5-4-6-12-19)14-9-15-22(26)24-17-10-16-23-21-13-7-8-18-25(21)29-27(23)24;1-28(2,3)27-17-11-10-16-26(27)25-19-23(21-12-6-4-7-13-21)18-24(20-25)22-14-8-5-9-15-22/h16-28H,1-15H3;2*4-18H,1-3H3;4-20H,1-3H3. The lowest BCUT2D eigenvalue weighted by molar-refractivity contribution is 0.568. The van der Waals surface area contributed by atoms with Gasteiger partial charge in [0.25, 0.3) is 0 Å². The summed E-state index contributed by atoms with van der Waals surface area (Å²) in [7, 11) is 0. The van der Waals surface area contributed by atoms with Crippen LogP contribution in [0.25, 0.3) is 155 Å². The Labute approximate surface area is 776 Å².